The summed E-state index contributed by atoms with van der Waals surface area (Å²) >= 11 is 3.44. The van der Waals surface area contributed by atoms with Crippen LogP contribution in [-0.2, 0) is 12.8 Å². The Hall–Kier alpha value is -3.14. The molecule has 0 atom stereocenters. The number of hydrazone groups is 1. The van der Waals surface area contributed by atoms with Crippen LogP contribution >= 0.6 is 15.9 Å². The molecule has 0 amide bonds. The second-order valence-electron chi connectivity index (χ2n) is 6.48. The Morgan fingerprint density at radius 3 is 2.59 bits per heavy atom. The van der Waals surface area contributed by atoms with E-state index in [2.05, 4.69) is 31.4 Å². The molecule has 2 aromatic carbocycles. The molecule has 10 heteroatoms. The molecule has 1 N–H and O–H groups in total. The van der Waals surface area contributed by atoms with Crippen LogP contribution in [0.2, 0.25) is 0 Å². The highest BCUT2D eigenvalue weighted by atomic mass is 79.9. The number of hydrogen-bond acceptors (Lipinski definition) is 5. The molecule has 1 aromatic heterocycles. The van der Waals surface area contributed by atoms with E-state index in [1.165, 1.54) is 24.4 Å². The number of ether oxygens (including phenoxy) is 2. The monoisotopic (exact) mass is 511 g/mol. The van der Waals surface area contributed by atoms with Crippen LogP contribution in [0.4, 0.5) is 23.4 Å². The van der Waals surface area contributed by atoms with Crippen LogP contribution in [0.1, 0.15) is 23.6 Å². The van der Waals surface area contributed by atoms with E-state index >= 15 is 0 Å². The van der Waals surface area contributed by atoms with Crippen LogP contribution in [0, 0.1) is 5.82 Å². The number of alkyl halides is 3. The molecule has 0 bridgehead atoms. The molecular weight excluding hydrogens is 494 g/mol. The van der Waals surface area contributed by atoms with Crippen molar-refractivity contribution in [3.8, 4) is 11.5 Å². The van der Waals surface area contributed by atoms with Gasteiger partial charge >= 0.3 is 6.18 Å². The van der Waals surface area contributed by atoms with Crippen LogP contribution in [0.5, 0.6) is 11.5 Å². The summed E-state index contributed by atoms with van der Waals surface area (Å²) in [5.41, 5.74) is 3.04. The Balaban J connectivity index is 1.71. The zero-order chi connectivity index (χ0) is 23.1. The van der Waals surface area contributed by atoms with Crippen LogP contribution in [0.3, 0.4) is 0 Å². The van der Waals surface area contributed by atoms with E-state index < -0.39 is 11.7 Å². The second-order valence-corrected chi connectivity index (χ2v) is 7.34. The topological polar surface area (TPSA) is 55.7 Å². The number of pyridine rings is 1. The third kappa shape index (κ3) is 6.43. The Bertz CT molecular complexity index is 1090. The van der Waals surface area contributed by atoms with Crippen molar-refractivity contribution < 1.29 is 27.0 Å². The Morgan fingerprint density at radius 1 is 1.12 bits per heavy atom. The van der Waals surface area contributed by atoms with Gasteiger partial charge in [-0.15, -0.1) is 0 Å². The lowest BCUT2D eigenvalue weighted by Crippen LogP contribution is -2.05. The highest BCUT2D eigenvalue weighted by Gasteiger charge is 2.30. The van der Waals surface area contributed by atoms with Gasteiger partial charge in [-0.3, -0.25) is 5.43 Å². The first kappa shape index (κ1) is 23.5. The van der Waals surface area contributed by atoms with Gasteiger partial charge in [-0.2, -0.15) is 18.3 Å². The van der Waals surface area contributed by atoms with Crippen molar-refractivity contribution in [1.82, 2.24) is 4.98 Å². The van der Waals surface area contributed by atoms with Gasteiger partial charge in [0.05, 0.1) is 22.9 Å². The van der Waals surface area contributed by atoms with Crippen molar-refractivity contribution in [2.24, 2.45) is 5.10 Å². The first-order valence-corrected chi connectivity index (χ1v) is 10.2. The Labute approximate surface area is 190 Å². The van der Waals surface area contributed by atoms with E-state index in [1.54, 1.807) is 24.3 Å². The average molecular weight is 512 g/mol. The molecule has 3 rings (SSSR count). The third-order valence-corrected chi connectivity index (χ3v) is 4.68. The largest absolute Gasteiger partial charge is 0.490 e. The maximum Gasteiger partial charge on any atom is 0.417 e. The number of aromatic nitrogens is 1. The van der Waals surface area contributed by atoms with Crippen molar-refractivity contribution in [2.45, 2.75) is 19.7 Å². The molecule has 0 spiro atoms. The highest BCUT2D eigenvalue weighted by Crippen LogP contribution is 2.37. The molecule has 32 heavy (non-hydrogen) atoms. The van der Waals surface area contributed by atoms with Gasteiger partial charge in [0, 0.05) is 6.20 Å². The first-order valence-electron chi connectivity index (χ1n) is 9.42. The lowest BCUT2D eigenvalue weighted by atomic mass is 10.2. The minimum atomic E-state index is -4.45. The van der Waals surface area contributed by atoms with Crippen molar-refractivity contribution in [3.63, 3.8) is 0 Å². The molecule has 0 fully saturated rings. The third-order valence-electron chi connectivity index (χ3n) is 4.09. The fraction of sp³-hybridized carbons (Fsp3) is 0.182. The molecule has 168 valence electrons. The lowest BCUT2D eigenvalue weighted by molar-refractivity contribution is -0.137. The van der Waals surface area contributed by atoms with E-state index in [4.69, 9.17) is 9.47 Å². The molecule has 0 saturated carbocycles. The summed E-state index contributed by atoms with van der Waals surface area (Å²) in [5.74, 6) is 0.711. The number of rotatable bonds is 8. The molecule has 3 aromatic rings. The summed E-state index contributed by atoms with van der Waals surface area (Å²) in [6.07, 6.45) is -2.26. The normalized spacial score (nSPS) is 11.6. The zero-order valence-electron chi connectivity index (χ0n) is 16.8. The smallest absolute Gasteiger partial charge is 0.417 e. The number of hydrogen-bond donors (Lipinski definition) is 1. The van der Waals surface area contributed by atoms with Gasteiger partial charge in [0.1, 0.15) is 18.2 Å². The van der Waals surface area contributed by atoms with Gasteiger partial charge in [0.2, 0.25) is 0 Å². The predicted molar refractivity (Wildman–Crippen MR) is 116 cm³/mol. The number of nitrogens with zero attached hydrogens (tertiary/aromatic N) is 2. The number of benzene rings is 2. The van der Waals surface area contributed by atoms with Gasteiger partial charge in [-0.05, 0) is 70.4 Å². The first-order chi connectivity index (χ1) is 15.3. The van der Waals surface area contributed by atoms with Crippen molar-refractivity contribution in [1.29, 1.82) is 0 Å². The van der Waals surface area contributed by atoms with E-state index in [0.717, 1.165) is 12.3 Å². The molecule has 5 nitrogen and oxygen atoms in total. The SMILES string of the molecule is CCOc1cc(/C=N\Nc2ccc(C(F)(F)F)cn2)cc(Br)c1OCc1cccc(F)c1. The zero-order valence-corrected chi connectivity index (χ0v) is 18.4. The van der Waals surface area contributed by atoms with E-state index in [0.29, 0.717) is 33.7 Å². The summed E-state index contributed by atoms with van der Waals surface area (Å²) in [7, 11) is 0. The fourth-order valence-corrected chi connectivity index (χ4v) is 3.22. The van der Waals surface area contributed by atoms with Crippen LogP contribution in [-0.4, -0.2) is 17.8 Å². The molecule has 0 radical (unpaired) electrons. The minimum Gasteiger partial charge on any atom is -0.490 e. The van der Waals surface area contributed by atoms with Crippen LogP contribution < -0.4 is 14.9 Å². The maximum absolute atomic E-state index is 13.4. The highest BCUT2D eigenvalue weighted by molar-refractivity contribution is 9.10. The lowest BCUT2D eigenvalue weighted by Gasteiger charge is -2.14. The quantitative estimate of drug-likeness (QED) is 0.215. The average Bonchev–Trinajstić information content (AvgIpc) is 2.73. The molecule has 0 aliphatic carbocycles. The number of anilines is 1. The van der Waals surface area contributed by atoms with Gasteiger partial charge in [-0.1, -0.05) is 12.1 Å². The Kier molecular flexibility index (Phi) is 7.68. The van der Waals surface area contributed by atoms with Gasteiger partial charge in [0.25, 0.3) is 0 Å². The second kappa shape index (κ2) is 10.4. The summed E-state index contributed by atoms with van der Waals surface area (Å²) < 4.78 is 63.2. The summed E-state index contributed by atoms with van der Waals surface area (Å²) in [4.78, 5) is 3.69. The van der Waals surface area contributed by atoms with Gasteiger partial charge in [0.15, 0.2) is 11.5 Å². The minimum absolute atomic E-state index is 0.144. The number of halogens is 5. The summed E-state index contributed by atoms with van der Waals surface area (Å²) in [6.45, 7) is 2.35. The molecular formula is C22H18BrF4N3O2. The Morgan fingerprint density at radius 2 is 1.94 bits per heavy atom. The van der Waals surface area contributed by atoms with Gasteiger partial charge < -0.3 is 9.47 Å². The van der Waals surface area contributed by atoms with Crippen molar-refractivity contribution in [3.05, 3.63) is 81.7 Å². The molecule has 0 aliphatic rings. The molecule has 0 unspecified atom stereocenters. The molecule has 1 heterocycles. The van der Waals surface area contributed by atoms with Crippen molar-refractivity contribution >= 4 is 28.0 Å². The van der Waals surface area contributed by atoms with E-state index in [1.807, 2.05) is 6.92 Å². The fourth-order valence-electron chi connectivity index (χ4n) is 2.65. The van der Waals surface area contributed by atoms with Gasteiger partial charge in [-0.25, -0.2) is 9.37 Å². The molecule has 0 aliphatic heterocycles. The van der Waals surface area contributed by atoms with E-state index in [9.17, 15) is 17.6 Å². The molecule has 0 saturated heterocycles. The van der Waals surface area contributed by atoms with E-state index in [-0.39, 0.29) is 18.2 Å². The standard InChI is InChI=1S/C22H18BrF4N3O2/c1-2-31-19-10-15(11-29-30-20-7-6-16(12-28-20)22(25,26)27)9-18(23)21(19)32-13-14-4-3-5-17(24)8-14/h3-12H,2,13H2,1H3,(H,28,30)/b29-11-. The number of nitrogens with one attached hydrogen (secondary N) is 1. The summed E-state index contributed by atoms with van der Waals surface area (Å²) in [5, 5.41) is 4.00. The van der Waals surface area contributed by atoms with Crippen molar-refractivity contribution in [2.75, 3.05) is 12.0 Å². The predicted octanol–water partition coefficient (Wildman–Crippen LogP) is 6.43. The maximum atomic E-state index is 13.4. The van der Waals surface area contributed by atoms with Crippen LogP contribution in [0.25, 0.3) is 0 Å². The van der Waals surface area contributed by atoms with Crippen LogP contribution in [0.15, 0.2) is 64.3 Å². The summed E-state index contributed by atoms with van der Waals surface area (Å²) in [6, 6.07) is 11.6.